The van der Waals surface area contributed by atoms with Gasteiger partial charge in [-0.2, -0.15) is 18.3 Å². The second-order valence-electron chi connectivity index (χ2n) is 5.03. The summed E-state index contributed by atoms with van der Waals surface area (Å²) in [4.78, 5) is 0. The fraction of sp³-hybridized carbons (Fsp3) is 0.118. The largest absolute Gasteiger partial charge is 0.454 e. The summed E-state index contributed by atoms with van der Waals surface area (Å²) in [5.74, 6) is 1.22. The third kappa shape index (κ3) is 3.36. The predicted octanol–water partition coefficient (Wildman–Crippen LogP) is 4.99. The lowest BCUT2D eigenvalue weighted by atomic mass is 10.2. The third-order valence-corrected chi connectivity index (χ3v) is 3.34. The molecule has 0 aliphatic rings. The molecule has 0 aliphatic heterocycles. The molecule has 0 aliphatic carbocycles. The molecule has 0 radical (unpaired) electrons. The molecule has 3 rings (SSSR count). The van der Waals surface area contributed by atoms with Crippen molar-refractivity contribution in [3.05, 3.63) is 72.1 Å². The first-order chi connectivity index (χ1) is 10.9. The van der Waals surface area contributed by atoms with Gasteiger partial charge < -0.3 is 4.74 Å². The number of aromatic nitrogens is 2. The van der Waals surface area contributed by atoms with Crippen molar-refractivity contribution >= 4 is 0 Å². The lowest BCUT2D eigenvalue weighted by Crippen LogP contribution is -2.05. The molecule has 0 amide bonds. The number of nitrogens with zero attached hydrogens (tertiary/aromatic N) is 2. The minimum Gasteiger partial charge on any atom is -0.454 e. The van der Waals surface area contributed by atoms with Crippen molar-refractivity contribution in [3.63, 3.8) is 0 Å². The highest BCUT2D eigenvalue weighted by Gasteiger charge is 2.30. The number of halogens is 3. The normalized spacial score (nSPS) is 11.5. The summed E-state index contributed by atoms with van der Waals surface area (Å²) >= 11 is 0. The van der Waals surface area contributed by atoms with Gasteiger partial charge in [0, 0.05) is 0 Å². The maximum Gasteiger partial charge on any atom is 0.416 e. The number of hydrogen-bond donors (Lipinski definition) is 0. The summed E-state index contributed by atoms with van der Waals surface area (Å²) in [6, 6.07) is 12.3. The zero-order chi connectivity index (χ0) is 16.4. The minimum atomic E-state index is -4.35. The molecule has 0 unspecified atom stereocenters. The van der Waals surface area contributed by atoms with Gasteiger partial charge in [0.25, 0.3) is 0 Å². The van der Waals surface area contributed by atoms with Gasteiger partial charge in [-0.1, -0.05) is 18.2 Å². The Morgan fingerprint density at radius 1 is 1.00 bits per heavy atom. The van der Waals surface area contributed by atoms with E-state index in [9.17, 15) is 13.2 Å². The Hall–Kier alpha value is -2.76. The van der Waals surface area contributed by atoms with Crippen molar-refractivity contribution in [2.24, 2.45) is 0 Å². The van der Waals surface area contributed by atoms with E-state index < -0.39 is 11.7 Å². The topological polar surface area (TPSA) is 27.1 Å². The second kappa shape index (κ2) is 5.79. The maximum absolute atomic E-state index is 12.6. The van der Waals surface area contributed by atoms with Crippen LogP contribution in [0.15, 0.2) is 60.9 Å². The lowest BCUT2D eigenvalue weighted by Gasteiger charge is -2.07. The maximum atomic E-state index is 12.6. The molecule has 0 spiro atoms. The van der Waals surface area contributed by atoms with Gasteiger partial charge >= 0.3 is 6.18 Å². The fourth-order valence-corrected chi connectivity index (χ4v) is 2.10. The monoisotopic (exact) mass is 318 g/mol. The van der Waals surface area contributed by atoms with E-state index in [1.807, 2.05) is 31.2 Å². The smallest absolute Gasteiger partial charge is 0.416 e. The highest BCUT2D eigenvalue weighted by molar-refractivity contribution is 5.38. The molecule has 23 heavy (non-hydrogen) atoms. The molecule has 1 heterocycles. The van der Waals surface area contributed by atoms with Gasteiger partial charge in [0.1, 0.15) is 5.75 Å². The first kappa shape index (κ1) is 15.1. The van der Waals surface area contributed by atoms with E-state index >= 15 is 0 Å². The lowest BCUT2D eigenvalue weighted by molar-refractivity contribution is -0.137. The minimum absolute atomic E-state index is 0.513. The highest BCUT2D eigenvalue weighted by atomic mass is 19.4. The van der Waals surface area contributed by atoms with Crippen LogP contribution in [0.1, 0.15) is 11.1 Å². The van der Waals surface area contributed by atoms with Gasteiger partial charge in [0.2, 0.25) is 0 Å². The quantitative estimate of drug-likeness (QED) is 0.680. The second-order valence-corrected chi connectivity index (χ2v) is 5.03. The number of aryl methyl sites for hydroxylation is 1. The van der Waals surface area contributed by atoms with Gasteiger partial charge in [0.15, 0.2) is 5.75 Å². The Balaban J connectivity index is 1.81. The first-order valence-corrected chi connectivity index (χ1v) is 6.89. The van der Waals surface area contributed by atoms with Gasteiger partial charge in [-0.25, -0.2) is 4.68 Å². The molecule has 0 fully saturated rings. The van der Waals surface area contributed by atoms with E-state index in [0.29, 0.717) is 17.2 Å². The standard InChI is InChI=1S/C17H13F3N2O/c1-12-4-2-3-5-16(12)23-15-10-21-22(11-15)14-8-6-13(7-9-14)17(18,19)20/h2-11H,1H3. The van der Waals surface area contributed by atoms with Crippen LogP contribution < -0.4 is 4.74 Å². The molecule has 2 aromatic carbocycles. The Bertz CT molecular complexity index is 807. The first-order valence-electron chi connectivity index (χ1n) is 6.89. The molecular weight excluding hydrogens is 305 g/mol. The number of hydrogen-bond acceptors (Lipinski definition) is 2. The SMILES string of the molecule is Cc1ccccc1Oc1cnn(-c2ccc(C(F)(F)F)cc2)c1. The molecule has 0 bridgehead atoms. The molecule has 0 saturated heterocycles. The van der Waals surface area contributed by atoms with E-state index in [4.69, 9.17) is 4.74 Å². The summed E-state index contributed by atoms with van der Waals surface area (Å²) in [5.41, 5.74) is 0.817. The Labute approximate surface area is 130 Å². The van der Waals surface area contributed by atoms with E-state index in [-0.39, 0.29) is 0 Å². The molecule has 0 saturated carbocycles. The summed E-state index contributed by atoms with van der Waals surface area (Å²) in [6.45, 7) is 1.93. The summed E-state index contributed by atoms with van der Waals surface area (Å²) < 4.78 is 44.9. The van der Waals surface area contributed by atoms with Crippen LogP contribution in [0.25, 0.3) is 5.69 Å². The Kier molecular flexibility index (Phi) is 3.82. The van der Waals surface area contributed by atoms with E-state index in [1.54, 1.807) is 6.20 Å². The van der Waals surface area contributed by atoms with Crippen LogP contribution in [0, 0.1) is 6.92 Å². The van der Waals surface area contributed by atoms with Crippen LogP contribution in [0.3, 0.4) is 0 Å². The molecule has 3 aromatic rings. The van der Waals surface area contributed by atoms with Gasteiger partial charge in [-0.3, -0.25) is 0 Å². The molecule has 0 N–H and O–H groups in total. The van der Waals surface area contributed by atoms with Crippen LogP contribution in [-0.2, 0) is 6.18 Å². The van der Waals surface area contributed by atoms with Crippen molar-refractivity contribution in [1.82, 2.24) is 9.78 Å². The van der Waals surface area contributed by atoms with E-state index in [0.717, 1.165) is 17.7 Å². The number of benzene rings is 2. The summed E-state index contributed by atoms with van der Waals surface area (Å²) in [5, 5.41) is 4.11. The molecule has 0 atom stereocenters. The molecule has 3 nitrogen and oxygen atoms in total. The molecule has 118 valence electrons. The van der Waals surface area contributed by atoms with E-state index in [2.05, 4.69) is 5.10 Å². The molecular formula is C17H13F3N2O. The fourth-order valence-electron chi connectivity index (χ4n) is 2.10. The number of alkyl halides is 3. The van der Waals surface area contributed by atoms with Crippen molar-refractivity contribution in [3.8, 4) is 17.2 Å². The Morgan fingerprint density at radius 2 is 1.70 bits per heavy atom. The van der Waals surface area contributed by atoms with E-state index in [1.165, 1.54) is 23.0 Å². The zero-order valence-electron chi connectivity index (χ0n) is 12.2. The van der Waals surface area contributed by atoms with Crippen LogP contribution >= 0.6 is 0 Å². The van der Waals surface area contributed by atoms with Crippen molar-refractivity contribution in [2.75, 3.05) is 0 Å². The third-order valence-electron chi connectivity index (χ3n) is 3.34. The van der Waals surface area contributed by atoms with Crippen molar-refractivity contribution in [2.45, 2.75) is 13.1 Å². The predicted molar refractivity (Wildman–Crippen MR) is 79.8 cm³/mol. The Morgan fingerprint density at radius 3 is 2.35 bits per heavy atom. The molecule has 1 aromatic heterocycles. The molecule has 6 heteroatoms. The van der Waals surface area contributed by atoms with Gasteiger partial charge in [-0.05, 0) is 42.8 Å². The van der Waals surface area contributed by atoms with Crippen LogP contribution in [0.5, 0.6) is 11.5 Å². The average Bonchev–Trinajstić information content (AvgIpc) is 2.97. The van der Waals surface area contributed by atoms with Crippen LogP contribution in [-0.4, -0.2) is 9.78 Å². The summed E-state index contributed by atoms with van der Waals surface area (Å²) in [6.07, 6.45) is -1.21. The number of ether oxygens (including phenoxy) is 1. The zero-order valence-corrected chi connectivity index (χ0v) is 12.2. The van der Waals surface area contributed by atoms with Crippen molar-refractivity contribution < 1.29 is 17.9 Å². The van der Waals surface area contributed by atoms with Gasteiger partial charge in [0.05, 0.1) is 23.6 Å². The number of para-hydroxylation sites is 1. The summed E-state index contributed by atoms with van der Waals surface area (Å²) in [7, 11) is 0. The van der Waals surface area contributed by atoms with Gasteiger partial charge in [-0.15, -0.1) is 0 Å². The van der Waals surface area contributed by atoms with Crippen molar-refractivity contribution in [1.29, 1.82) is 0 Å². The van der Waals surface area contributed by atoms with Crippen LogP contribution in [0.2, 0.25) is 0 Å². The highest BCUT2D eigenvalue weighted by Crippen LogP contribution is 2.30. The van der Waals surface area contributed by atoms with Crippen LogP contribution in [0.4, 0.5) is 13.2 Å². The number of rotatable bonds is 3. The average molecular weight is 318 g/mol.